The summed E-state index contributed by atoms with van der Waals surface area (Å²) in [7, 11) is 0. The molecule has 0 aliphatic rings. The Balaban J connectivity index is 1.45. The van der Waals surface area contributed by atoms with Crippen LogP contribution in [-0.4, -0.2) is 33.2 Å². The Kier molecular flexibility index (Phi) is 7.24. The van der Waals surface area contributed by atoms with Gasteiger partial charge in [0.05, 0.1) is 16.9 Å². The van der Waals surface area contributed by atoms with Gasteiger partial charge in [0.25, 0.3) is 5.91 Å². The number of ether oxygens (including phenoxy) is 1. The van der Waals surface area contributed by atoms with Crippen LogP contribution in [0.5, 0.6) is 0 Å². The molecular weight excluding hydrogens is 473 g/mol. The van der Waals surface area contributed by atoms with Gasteiger partial charge in [-0.15, -0.1) is 0 Å². The van der Waals surface area contributed by atoms with Crippen molar-refractivity contribution in [2.24, 2.45) is 0 Å². The van der Waals surface area contributed by atoms with Crippen LogP contribution in [-0.2, 0) is 20.5 Å². The normalized spacial score (nSPS) is 11.4. The number of carbonyl (C=O) groups excluding carboxylic acids is 2. The minimum atomic E-state index is -4.64. The van der Waals surface area contributed by atoms with E-state index in [1.165, 1.54) is 18.2 Å². The number of halogens is 3. The number of nitrogens with one attached hydrogen (secondary N) is 1. The van der Waals surface area contributed by atoms with E-state index < -0.39 is 35.9 Å². The number of amides is 1. The van der Waals surface area contributed by atoms with Crippen molar-refractivity contribution in [3.63, 3.8) is 0 Å². The Morgan fingerprint density at radius 3 is 2.47 bits per heavy atom. The standard InChI is InChI=1S/C26H19F3N4O3/c27-26(28,29)21-10-4-5-11-22(21)31-23(34)17-36-24(35)13-12-19-16-33(20-8-2-1-3-9-20)32-25(19)18-7-6-14-30-15-18/h1-16H,17H2,(H,31,34). The highest BCUT2D eigenvalue weighted by atomic mass is 19.4. The zero-order valence-electron chi connectivity index (χ0n) is 18.6. The van der Waals surface area contributed by atoms with Gasteiger partial charge in [-0.1, -0.05) is 30.3 Å². The fourth-order valence-corrected chi connectivity index (χ4v) is 3.32. The van der Waals surface area contributed by atoms with E-state index >= 15 is 0 Å². The molecule has 0 aliphatic heterocycles. The van der Waals surface area contributed by atoms with Crippen LogP contribution in [0, 0.1) is 0 Å². The minimum Gasteiger partial charge on any atom is -0.452 e. The number of para-hydroxylation sites is 2. The molecule has 0 fully saturated rings. The molecule has 36 heavy (non-hydrogen) atoms. The average molecular weight is 492 g/mol. The van der Waals surface area contributed by atoms with Crippen molar-refractivity contribution in [2.75, 3.05) is 11.9 Å². The van der Waals surface area contributed by atoms with Gasteiger partial charge in [0.2, 0.25) is 0 Å². The van der Waals surface area contributed by atoms with Crippen LogP contribution < -0.4 is 5.32 Å². The molecule has 2 heterocycles. The lowest BCUT2D eigenvalue weighted by molar-refractivity contribution is -0.142. The summed E-state index contributed by atoms with van der Waals surface area (Å²) in [6, 6.07) is 17.5. The molecule has 0 saturated heterocycles. The molecular formula is C26H19F3N4O3. The van der Waals surface area contributed by atoms with Crippen molar-refractivity contribution >= 4 is 23.6 Å². The van der Waals surface area contributed by atoms with Gasteiger partial charge in [-0.3, -0.25) is 9.78 Å². The molecule has 4 rings (SSSR count). The largest absolute Gasteiger partial charge is 0.452 e. The van der Waals surface area contributed by atoms with E-state index in [4.69, 9.17) is 4.74 Å². The van der Waals surface area contributed by atoms with Crippen LogP contribution in [0.25, 0.3) is 23.0 Å². The molecule has 0 aliphatic carbocycles. The number of hydrogen-bond acceptors (Lipinski definition) is 5. The first-order valence-electron chi connectivity index (χ1n) is 10.7. The summed E-state index contributed by atoms with van der Waals surface area (Å²) in [5.74, 6) is -1.75. The summed E-state index contributed by atoms with van der Waals surface area (Å²) in [5, 5.41) is 6.71. The van der Waals surface area contributed by atoms with E-state index in [0.29, 0.717) is 11.3 Å². The summed E-state index contributed by atoms with van der Waals surface area (Å²) in [6.45, 7) is -0.756. The smallest absolute Gasteiger partial charge is 0.418 e. The number of benzene rings is 2. The van der Waals surface area contributed by atoms with Crippen molar-refractivity contribution in [3.05, 3.63) is 103 Å². The SMILES string of the molecule is O=C(COC(=O)C=Cc1cn(-c2ccccc2)nc1-c1cccnc1)Nc1ccccc1C(F)(F)F. The van der Waals surface area contributed by atoms with Crippen molar-refractivity contribution in [2.45, 2.75) is 6.18 Å². The number of nitrogens with zero attached hydrogens (tertiary/aromatic N) is 3. The fourth-order valence-electron chi connectivity index (χ4n) is 3.32. The Bertz CT molecular complexity index is 1380. The van der Waals surface area contributed by atoms with Crippen LogP contribution in [0.4, 0.5) is 18.9 Å². The molecule has 2 aromatic carbocycles. The molecule has 0 unspecified atom stereocenters. The van der Waals surface area contributed by atoms with E-state index in [2.05, 4.69) is 15.4 Å². The van der Waals surface area contributed by atoms with Crippen LogP contribution in [0.3, 0.4) is 0 Å². The Morgan fingerprint density at radius 1 is 1.00 bits per heavy atom. The highest BCUT2D eigenvalue weighted by Crippen LogP contribution is 2.34. The predicted octanol–water partition coefficient (Wildman–Crippen LogP) is 5.15. The number of anilines is 1. The van der Waals surface area contributed by atoms with Crippen molar-refractivity contribution < 1.29 is 27.5 Å². The first-order valence-corrected chi connectivity index (χ1v) is 10.7. The van der Waals surface area contributed by atoms with Gasteiger partial charge >= 0.3 is 12.1 Å². The maximum Gasteiger partial charge on any atom is 0.418 e. The number of rotatable bonds is 7. The second kappa shape index (κ2) is 10.7. The van der Waals surface area contributed by atoms with Gasteiger partial charge in [0.15, 0.2) is 6.61 Å². The fraction of sp³-hybridized carbons (Fsp3) is 0.0769. The monoisotopic (exact) mass is 492 g/mol. The Hall–Kier alpha value is -4.73. The number of pyridine rings is 1. The van der Waals surface area contributed by atoms with Gasteiger partial charge in [-0.25, -0.2) is 9.48 Å². The van der Waals surface area contributed by atoms with Crippen molar-refractivity contribution in [1.82, 2.24) is 14.8 Å². The van der Waals surface area contributed by atoms with Crippen molar-refractivity contribution in [3.8, 4) is 16.9 Å². The maximum absolute atomic E-state index is 13.1. The van der Waals surface area contributed by atoms with Crippen LogP contribution in [0.1, 0.15) is 11.1 Å². The average Bonchev–Trinajstić information content (AvgIpc) is 3.31. The Labute approximate surface area is 203 Å². The van der Waals surface area contributed by atoms with Gasteiger partial charge in [0.1, 0.15) is 5.69 Å². The minimum absolute atomic E-state index is 0.420. The number of alkyl halides is 3. The van der Waals surface area contributed by atoms with E-state index in [1.807, 2.05) is 36.4 Å². The zero-order chi connectivity index (χ0) is 25.5. The first kappa shape index (κ1) is 24.4. The van der Waals surface area contributed by atoms with Gasteiger partial charge in [0, 0.05) is 35.8 Å². The highest BCUT2D eigenvalue weighted by molar-refractivity contribution is 5.95. The zero-order valence-corrected chi connectivity index (χ0v) is 18.6. The summed E-state index contributed by atoms with van der Waals surface area (Å²) in [6.07, 6.45) is 2.94. The van der Waals surface area contributed by atoms with Crippen molar-refractivity contribution in [1.29, 1.82) is 0 Å². The molecule has 0 saturated carbocycles. The maximum atomic E-state index is 13.1. The summed E-state index contributed by atoms with van der Waals surface area (Å²) >= 11 is 0. The summed E-state index contributed by atoms with van der Waals surface area (Å²) < 4.78 is 45.8. The number of aromatic nitrogens is 3. The molecule has 0 spiro atoms. The third-order valence-electron chi connectivity index (χ3n) is 4.95. The van der Waals surface area contributed by atoms with Crippen LogP contribution in [0.15, 0.2) is 91.4 Å². The lowest BCUT2D eigenvalue weighted by Gasteiger charge is -2.13. The second-order valence-electron chi connectivity index (χ2n) is 7.49. The van der Waals surface area contributed by atoms with E-state index in [9.17, 15) is 22.8 Å². The molecule has 10 heteroatoms. The first-order chi connectivity index (χ1) is 17.3. The van der Waals surface area contributed by atoms with E-state index in [0.717, 1.165) is 29.5 Å². The quantitative estimate of drug-likeness (QED) is 0.285. The lowest BCUT2D eigenvalue weighted by atomic mass is 10.1. The molecule has 1 amide bonds. The number of esters is 1. The molecule has 1 N–H and O–H groups in total. The molecule has 2 aromatic heterocycles. The van der Waals surface area contributed by atoms with Crippen LogP contribution in [0.2, 0.25) is 0 Å². The van der Waals surface area contributed by atoms with Gasteiger partial charge < -0.3 is 10.1 Å². The van der Waals surface area contributed by atoms with Gasteiger partial charge in [-0.2, -0.15) is 18.3 Å². The number of carbonyl (C=O) groups is 2. The predicted molar refractivity (Wildman–Crippen MR) is 127 cm³/mol. The molecule has 0 radical (unpaired) electrons. The van der Waals surface area contributed by atoms with E-state index in [-0.39, 0.29) is 0 Å². The summed E-state index contributed by atoms with van der Waals surface area (Å²) in [4.78, 5) is 28.4. The third-order valence-corrected chi connectivity index (χ3v) is 4.95. The topological polar surface area (TPSA) is 86.1 Å². The summed E-state index contributed by atoms with van der Waals surface area (Å²) in [5.41, 5.74) is 1.27. The Morgan fingerprint density at radius 2 is 1.75 bits per heavy atom. The lowest BCUT2D eigenvalue weighted by Crippen LogP contribution is -2.22. The molecule has 4 aromatic rings. The third kappa shape index (κ3) is 6.03. The van der Waals surface area contributed by atoms with Gasteiger partial charge in [-0.05, 0) is 42.5 Å². The molecule has 0 atom stereocenters. The molecule has 7 nitrogen and oxygen atoms in total. The van der Waals surface area contributed by atoms with Crippen LogP contribution >= 0.6 is 0 Å². The highest BCUT2D eigenvalue weighted by Gasteiger charge is 2.33. The van der Waals surface area contributed by atoms with E-state index in [1.54, 1.807) is 29.3 Å². The number of hydrogen-bond donors (Lipinski definition) is 1. The molecule has 0 bridgehead atoms. The second-order valence-corrected chi connectivity index (χ2v) is 7.49. The molecule has 182 valence electrons.